The molecule has 0 spiro atoms. The number of hydrogen-bond donors (Lipinski definition) is 1. The molecule has 0 aromatic carbocycles. The predicted octanol–water partition coefficient (Wildman–Crippen LogP) is 2.35. The molecule has 0 unspecified atom stereocenters. The Labute approximate surface area is 140 Å². The van der Waals surface area contributed by atoms with Crippen LogP contribution in [0.5, 0.6) is 0 Å². The third kappa shape index (κ3) is 3.39. The highest BCUT2D eigenvalue weighted by Crippen LogP contribution is 2.31. The molecule has 0 atom stereocenters. The lowest BCUT2D eigenvalue weighted by Crippen LogP contribution is -2.46. The Balaban J connectivity index is 1.88. The number of aromatic nitrogens is 2. The maximum Gasteiger partial charge on any atom is 0.228 e. The molecule has 124 valence electrons. The Bertz CT molecular complexity index is 678. The monoisotopic (exact) mass is 333 g/mol. The first kappa shape index (κ1) is 16.0. The molecule has 0 bridgehead atoms. The lowest BCUT2D eigenvalue weighted by atomic mass is 10.2. The van der Waals surface area contributed by atoms with E-state index >= 15 is 0 Å². The van der Waals surface area contributed by atoms with E-state index in [9.17, 15) is 4.79 Å². The summed E-state index contributed by atoms with van der Waals surface area (Å²) in [7, 11) is 1.90. The molecule has 1 aliphatic heterocycles. The van der Waals surface area contributed by atoms with Gasteiger partial charge >= 0.3 is 0 Å². The number of thiophene rings is 1. The largest absolute Gasteiger partial charge is 0.372 e. The number of aryl methyl sites for hydroxylation is 1. The van der Waals surface area contributed by atoms with Crippen molar-refractivity contribution in [2.45, 2.75) is 26.2 Å². The lowest BCUT2D eigenvalue weighted by Gasteiger charge is -2.32. The molecular formula is C16H23N5OS. The van der Waals surface area contributed by atoms with Crippen LogP contribution in [-0.4, -0.2) is 54.5 Å². The molecule has 23 heavy (non-hydrogen) atoms. The van der Waals surface area contributed by atoms with Crippen molar-refractivity contribution in [1.29, 1.82) is 0 Å². The van der Waals surface area contributed by atoms with Crippen molar-refractivity contribution in [3.63, 3.8) is 0 Å². The van der Waals surface area contributed by atoms with Gasteiger partial charge in [-0.15, -0.1) is 11.3 Å². The quantitative estimate of drug-likeness (QED) is 0.822. The van der Waals surface area contributed by atoms with E-state index in [4.69, 9.17) is 9.97 Å². The average Bonchev–Trinajstić information content (AvgIpc) is 3.02. The molecule has 0 radical (unpaired) electrons. The smallest absolute Gasteiger partial charge is 0.228 e. The summed E-state index contributed by atoms with van der Waals surface area (Å²) in [5.74, 6) is 1.65. The van der Waals surface area contributed by atoms with Gasteiger partial charge in [-0.05, 0) is 18.9 Å². The zero-order valence-corrected chi connectivity index (χ0v) is 14.5. The number of piperazine rings is 1. The average molecular weight is 333 g/mol. The first-order valence-corrected chi connectivity index (χ1v) is 8.99. The maximum atomic E-state index is 10.8. The van der Waals surface area contributed by atoms with E-state index in [0.717, 1.165) is 61.0 Å². The number of anilines is 2. The van der Waals surface area contributed by atoms with Crippen molar-refractivity contribution in [1.82, 2.24) is 14.9 Å². The van der Waals surface area contributed by atoms with Crippen molar-refractivity contribution in [3.8, 4) is 0 Å². The van der Waals surface area contributed by atoms with Crippen LogP contribution in [0, 0.1) is 0 Å². The molecular weight excluding hydrogens is 310 g/mol. The van der Waals surface area contributed by atoms with Gasteiger partial charge in [0.15, 0.2) is 0 Å². The van der Waals surface area contributed by atoms with Crippen LogP contribution in [0.3, 0.4) is 0 Å². The summed E-state index contributed by atoms with van der Waals surface area (Å²) in [5.41, 5.74) is 0. The van der Waals surface area contributed by atoms with Gasteiger partial charge in [-0.3, -0.25) is 4.79 Å². The Hall–Kier alpha value is -1.89. The van der Waals surface area contributed by atoms with Crippen molar-refractivity contribution >= 4 is 39.7 Å². The van der Waals surface area contributed by atoms with Gasteiger partial charge in [-0.25, -0.2) is 4.98 Å². The molecule has 3 heterocycles. The van der Waals surface area contributed by atoms with Gasteiger partial charge in [-0.1, -0.05) is 13.3 Å². The fourth-order valence-electron chi connectivity index (χ4n) is 2.79. The molecule has 1 fully saturated rings. The third-order valence-electron chi connectivity index (χ3n) is 4.19. The van der Waals surface area contributed by atoms with Gasteiger partial charge < -0.3 is 15.1 Å². The standard InChI is InChI=1S/C16H23N5OS/c1-3-4-5-12-10-13-14(17-2)18-16(19-15(13)23-12)21-8-6-20(11-22)7-9-21/h10-11H,3-9H2,1-2H3,(H,17,18,19). The molecule has 2 aromatic heterocycles. The number of carbonyl (C=O) groups excluding carboxylic acids is 1. The highest BCUT2D eigenvalue weighted by Gasteiger charge is 2.20. The summed E-state index contributed by atoms with van der Waals surface area (Å²) < 4.78 is 0. The first-order valence-electron chi connectivity index (χ1n) is 8.17. The second-order valence-electron chi connectivity index (χ2n) is 5.79. The van der Waals surface area contributed by atoms with Crippen molar-refractivity contribution in [3.05, 3.63) is 10.9 Å². The van der Waals surface area contributed by atoms with Gasteiger partial charge in [0.1, 0.15) is 10.6 Å². The van der Waals surface area contributed by atoms with Gasteiger partial charge in [-0.2, -0.15) is 4.98 Å². The van der Waals surface area contributed by atoms with E-state index in [1.165, 1.54) is 17.7 Å². The van der Waals surface area contributed by atoms with E-state index < -0.39 is 0 Å². The minimum absolute atomic E-state index is 0.728. The molecule has 0 saturated carbocycles. The first-order chi connectivity index (χ1) is 11.2. The normalized spacial score (nSPS) is 15.2. The fraction of sp³-hybridized carbons (Fsp3) is 0.562. The predicted molar refractivity (Wildman–Crippen MR) is 95.4 cm³/mol. The van der Waals surface area contributed by atoms with Crippen LogP contribution in [0.1, 0.15) is 24.6 Å². The van der Waals surface area contributed by atoms with Gasteiger partial charge in [0.25, 0.3) is 0 Å². The van der Waals surface area contributed by atoms with Gasteiger partial charge in [0, 0.05) is 38.1 Å². The second kappa shape index (κ2) is 7.12. The van der Waals surface area contributed by atoms with Gasteiger partial charge in [0.05, 0.1) is 5.39 Å². The van der Waals surface area contributed by atoms with E-state index in [-0.39, 0.29) is 0 Å². The van der Waals surface area contributed by atoms with E-state index in [1.807, 2.05) is 7.05 Å². The number of carbonyl (C=O) groups is 1. The van der Waals surface area contributed by atoms with E-state index in [0.29, 0.717) is 0 Å². The number of unbranched alkanes of at least 4 members (excludes halogenated alkanes) is 1. The Morgan fingerprint density at radius 2 is 2.09 bits per heavy atom. The Morgan fingerprint density at radius 1 is 1.30 bits per heavy atom. The number of fused-ring (bicyclic) bond motifs is 1. The third-order valence-corrected chi connectivity index (χ3v) is 5.28. The van der Waals surface area contributed by atoms with Crippen molar-refractivity contribution < 1.29 is 4.79 Å². The van der Waals surface area contributed by atoms with Crippen LogP contribution < -0.4 is 10.2 Å². The van der Waals surface area contributed by atoms with Crippen LogP contribution in [0.2, 0.25) is 0 Å². The zero-order chi connectivity index (χ0) is 16.2. The van der Waals surface area contributed by atoms with Crippen molar-refractivity contribution in [2.75, 3.05) is 43.4 Å². The topological polar surface area (TPSA) is 61.4 Å². The number of amides is 1. The highest BCUT2D eigenvalue weighted by molar-refractivity contribution is 7.18. The van der Waals surface area contributed by atoms with Crippen LogP contribution in [0.25, 0.3) is 10.2 Å². The molecule has 0 aliphatic carbocycles. The zero-order valence-electron chi connectivity index (χ0n) is 13.7. The van der Waals surface area contributed by atoms with Crippen LogP contribution in [-0.2, 0) is 11.2 Å². The second-order valence-corrected chi connectivity index (χ2v) is 6.90. The maximum absolute atomic E-state index is 10.8. The minimum Gasteiger partial charge on any atom is -0.372 e. The number of nitrogens with zero attached hydrogens (tertiary/aromatic N) is 4. The Morgan fingerprint density at radius 3 is 2.74 bits per heavy atom. The summed E-state index contributed by atoms with van der Waals surface area (Å²) in [5, 5.41) is 4.31. The molecule has 6 nitrogen and oxygen atoms in total. The van der Waals surface area contributed by atoms with E-state index in [2.05, 4.69) is 23.2 Å². The lowest BCUT2D eigenvalue weighted by molar-refractivity contribution is -0.118. The summed E-state index contributed by atoms with van der Waals surface area (Å²) in [6.07, 6.45) is 4.43. The molecule has 1 N–H and O–H groups in total. The van der Waals surface area contributed by atoms with Crippen molar-refractivity contribution in [2.24, 2.45) is 0 Å². The number of rotatable bonds is 6. The molecule has 1 saturated heterocycles. The van der Waals surface area contributed by atoms with Crippen LogP contribution in [0.4, 0.5) is 11.8 Å². The van der Waals surface area contributed by atoms with Crippen LogP contribution in [0.15, 0.2) is 6.07 Å². The number of nitrogens with one attached hydrogen (secondary N) is 1. The van der Waals surface area contributed by atoms with Gasteiger partial charge in [0.2, 0.25) is 12.4 Å². The summed E-state index contributed by atoms with van der Waals surface area (Å²) >= 11 is 1.77. The SMILES string of the molecule is CCCCc1cc2c(NC)nc(N3CCN(C=O)CC3)nc2s1. The van der Waals surface area contributed by atoms with E-state index in [1.54, 1.807) is 16.2 Å². The van der Waals surface area contributed by atoms with Crippen LogP contribution >= 0.6 is 11.3 Å². The molecule has 2 aromatic rings. The minimum atomic E-state index is 0.728. The summed E-state index contributed by atoms with van der Waals surface area (Å²) in [6.45, 7) is 5.23. The molecule has 1 aliphatic rings. The fourth-order valence-corrected chi connectivity index (χ4v) is 3.86. The number of hydrogen-bond acceptors (Lipinski definition) is 6. The molecule has 7 heteroatoms. The molecule has 1 amide bonds. The highest BCUT2D eigenvalue weighted by atomic mass is 32.1. The summed E-state index contributed by atoms with van der Waals surface area (Å²) in [4.78, 5) is 26.7. The Kier molecular flexibility index (Phi) is 4.95. The summed E-state index contributed by atoms with van der Waals surface area (Å²) in [6, 6.07) is 2.22. The molecule has 3 rings (SSSR count).